The number of aliphatic hydroxyl groups is 2. The van der Waals surface area contributed by atoms with Crippen LogP contribution in [-0.2, 0) is 42.5 Å². The van der Waals surface area contributed by atoms with Crippen LogP contribution in [0.3, 0.4) is 0 Å². The van der Waals surface area contributed by atoms with Crippen molar-refractivity contribution in [3.63, 3.8) is 0 Å². The van der Waals surface area contributed by atoms with Gasteiger partial charge in [0.1, 0.15) is 11.6 Å². The summed E-state index contributed by atoms with van der Waals surface area (Å²) in [5.74, 6) is -0.976. The third-order valence-electron chi connectivity index (χ3n) is 18.9. The summed E-state index contributed by atoms with van der Waals surface area (Å²) in [5, 5.41) is 27.6. The lowest BCUT2D eigenvalue weighted by atomic mass is 9.87. The van der Waals surface area contributed by atoms with Crippen molar-refractivity contribution in [2.45, 2.75) is 162 Å². The van der Waals surface area contributed by atoms with Crippen LogP contribution >= 0.6 is 0 Å². The van der Waals surface area contributed by atoms with Crippen LogP contribution in [0, 0.1) is 35.5 Å². The molecule has 1 saturated carbocycles. The van der Waals surface area contributed by atoms with Gasteiger partial charge in [0.2, 0.25) is 20.0 Å². The lowest BCUT2D eigenvalue weighted by Crippen LogP contribution is -2.47. The Hall–Kier alpha value is -7.32. The van der Waals surface area contributed by atoms with Gasteiger partial charge in [-0.3, -0.25) is 37.4 Å². The van der Waals surface area contributed by atoms with Crippen LogP contribution in [-0.4, -0.2) is 126 Å². The number of carbonyl (C=O) groups excluding carboxylic acids is 6. The van der Waals surface area contributed by atoms with Crippen LogP contribution in [0.4, 0.5) is 11.4 Å². The zero-order chi connectivity index (χ0) is 71.9. The van der Waals surface area contributed by atoms with Gasteiger partial charge in [0.25, 0.3) is 0 Å². The van der Waals surface area contributed by atoms with Crippen LogP contribution in [0.5, 0.6) is 0 Å². The van der Waals surface area contributed by atoms with Gasteiger partial charge < -0.3 is 20.8 Å². The molecular weight excluding hydrogens is 1270 g/mol. The first-order chi connectivity index (χ1) is 46.4. The first kappa shape index (κ1) is 79.7. The van der Waals surface area contributed by atoms with Crippen molar-refractivity contribution in [1.29, 1.82) is 0 Å². The van der Waals surface area contributed by atoms with Crippen molar-refractivity contribution in [3.05, 3.63) is 202 Å². The van der Waals surface area contributed by atoms with Crippen LogP contribution in [0.25, 0.3) is 0 Å². The minimum absolute atomic E-state index is 0.0411. The summed E-state index contributed by atoms with van der Waals surface area (Å²) in [6.45, 7) is 14.7. The van der Waals surface area contributed by atoms with Crippen molar-refractivity contribution < 1.29 is 55.8 Å². The number of hydrogen-bond acceptors (Lipinski definition) is 14. The number of benzene rings is 6. The van der Waals surface area contributed by atoms with E-state index in [1.54, 1.807) is 24.3 Å². The quantitative estimate of drug-likeness (QED) is 0.0263. The second-order valence-electron chi connectivity index (χ2n) is 28.1. The number of carbonyl (C=O) groups is 6. The molecule has 1 aliphatic rings. The molecule has 0 aliphatic heterocycles. The number of anilines is 2. The van der Waals surface area contributed by atoms with Crippen LogP contribution < -0.4 is 19.2 Å². The minimum atomic E-state index is -3.67. The van der Waals surface area contributed by atoms with Gasteiger partial charge in [-0.1, -0.05) is 176 Å². The van der Waals surface area contributed by atoms with Crippen molar-refractivity contribution in [3.8, 4) is 0 Å². The highest BCUT2D eigenvalue weighted by atomic mass is 32.2. The van der Waals surface area contributed by atoms with Crippen LogP contribution in [0.15, 0.2) is 158 Å². The van der Waals surface area contributed by atoms with Gasteiger partial charge in [0.05, 0.1) is 42.1 Å². The Morgan fingerprint density at radius 1 is 0.490 bits per heavy atom. The largest absolute Gasteiger partial charge is 0.396 e. The van der Waals surface area contributed by atoms with Gasteiger partial charge in [0, 0.05) is 93.3 Å². The molecular formula is C80H106N4O12S2. The molecule has 530 valence electrons. The van der Waals surface area contributed by atoms with Crippen molar-refractivity contribution in [1.82, 2.24) is 10.6 Å². The van der Waals surface area contributed by atoms with E-state index in [1.165, 1.54) is 26.2 Å². The number of nitrogens with one attached hydrogen (secondary N) is 2. The second-order valence-corrected chi connectivity index (χ2v) is 32.2. The first-order valence-electron chi connectivity index (χ1n) is 34.7. The summed E-state index contributed by atoms with van der Waals surface area (Å²) < 4.78 is 52.3. The molecule has 0 amide bonds. The Morgan fingerprint density at radius 3 is 1.19 bits per heavy atom. The van der Waals surface area contributed by atoms with Gasteiger partial charge in [-0.25, -0.2) is 16.8 Å². The van der Waals surface area contributed by atoms with E-state index in [0.717, 1.165) is 69.1 Å². The molecule has 18 heteroatoms. The number of nitrogens with zero attached hydrogens (tertiary/aromatic N) is 2. The molecule has 6 aromatic carbocycles. The molecule has 0 saturated heterocycles. The third kappa shape index (κ3) is 25.1. The summed E-state index contributed by atoms with van der Waals surface area (Å²) in [5.41, 5.74) is 5.68. The van der Waals surface area contributed by atoms with Crippen LogP contribution in [0.1, 0.15) is 195 Å². The molecule has 16 nitrogen and oxygen atoms in total. The zero-order valence-corrected chi connectivity index (χ0v) is 61.0. The van der Waals surface area contributed by atoms with Crippen molar-refractivity contribution >= 4 is 66.1 Å². The average molecular weight is 1380 g/mol. The standard InChI is InChI=1S/C41H54N2O6S.C39H52N2O6S/c1-28(2)19-20-38(45)41(36-17-12-18-37(36)44)42-27-31(22-30-13-8-6-9-14-30)23-40(47)34-24-33(25-35(26-34)43(4)50(5,48)49)39(46)21-29(3)32-15-10-7-11-16-32;1-27(2)17-18-36(43)39(29(4)26-42)40-25-31(20-30-13-9-7-10-14-30)21-38(45)34-22-33(23-35(24-34)41(5)48(6,46)47)37(44)19-28(3)32-15-11-8-12-16-32/h6-11,13-16,24-26,28-29,31,36-37,41-42,44H,12,17-23,27H2,1-5H3;7-16,22-24,27-29,31,39-40,42H,17-21,25-26H2,1-6H3/t29-,31+,36+,37?,41-;28-,29+,31+,39-/m00/s1. The molecule has 1 unspecified atom stereocenters. The van der Waals surface area contributed by atoms with E-state index >= 15 is 0 Å². The molecule has 0 aromatic heterocycles. The minimum Gasteiger partial charge on any atom is -0.396 e. The fourth-order valence-electron chi connectivity index (χ4n) is 12.7. The number of rotatable bonds is 39. The van der Waals surface area contributed by atoms with Gasteiger partial charge in [-0.05, 0) is 146 Å². The van der Waals surface area contributed by atoms with E-state index < -0.39 is 38.2 Å². The van der Waals surface area contributed by atoms with E-state index in [2.05, 4.69) is 38.3 Å². The van der Waals surface area contributed by atoms with Gasteiger partial charge in [-0.2, -0.15) is 0 Å². The van der Waals surface area contributed by atoms with E-state index in [1.807, 2.05) is 142 Å². The molecule has 0 spiro atoms. The first-order valence-corrected chi connectivity index (χ1v) is 38.4. The van der Waals surface area contributed by atoms with E-state index in [9.17, 15) is 55.8 Å². The summed E-state index contributed by atoms with van der Waals surface area (Å²) in [6.07, 6.45) is 8.04. The van der Waals surface area contributed by atoms with E-state index in [0.29, 0.717) is 57.0 Å². The maximum absolute atomic E-state index is 14.1. The van der Waals surface area contributed by atoms with Gasteiger partial charge in [-0.15, -0.1) is 0 Å². The predicted octanol–water partition coefficient (Wildman–Crippen LogP) is 13.5. The van der Waals surface area contributed by atoms with E-state index in [4.69, 9.17) is 0 Å². The maximum atomic E-state index is 14.1. The third-order valence-corrected chi connectivity index (χ3v) is 21.4. The molecule has 0 heterocycles. The summed E-state index contributed by atoms with van der Waals surface area (Å²) in [7, 11) is -4.53. The Bertz CT molecular complexity index is 3800. The predicted molar refractivity (Wildman–Crippen MR) is 393 cm³/mol. The summed E-state index contributed by atoms with van der Waals surface area (Å²) in [4.78, 5) is 82.1. The molecule has 9 atom stereocenters. The lowest BCUT2D eigenvalue weighted by Gasteiger charge is -2.29. The average Bonchev–Trinajstić information content (AvgIpc) is 0.881. The molecule has 6 aromatic rings. The molecule has 98 heavy (non-hydrogen) atoms. The highest BCUT2D eigenvalue weighted by Crippen LogP contribution is 2.33. The number of sulfonamides is 2. The maximum Gasteiger partial charge on any atom is 0.231 e. The highest BCUT2D eigenvalue weighted by molar-refractivity contribution is 7.92. The lowest BCUT2D eigenvalue weighted by molar-refractivity contribution is -0.124. The van der Waals surface area contributed by atoms with Crippen molar-refractivity contribution in [2.75, 3.05) is 54.9 Å². The number of aliphatic hydroxyl groups excluding tert-OH is 2. The second kappa shape index (κ2) is 38.3. The Balaban J connectivity index is 0.000000310. The van der Waals surface area contributed by atoms with Crippen LogP contribution in [0.2, 0.25) is 0 Å². The fraction of sp³-hybridized carbons (Fsp3) is 0.475. The smallest absolute Gasteiger partial charge is 0.231 e. The zero-order valence-electron chi connectivity index (χ0n) is 59.4. The Kier molecular flexibility index (Phi) is 31.1. The molecule has 1 aliphatic carbocycles. The SMILES string of the molecule is CC(C)CCC(=O)[C@@H](NC[C@@H](CC(=O)c1cc(C(=O)C[C@H](C)c2ccccc2)cc(N(C)S(C)(=O)=O)c1)Cc1ccccc1)[C@@H]1CCCC1O.CC(C)CCC(=O)[C@@H](NC[C@@H](CC(=O)c1cc(C(=O)C[C@H](C)c2ccccc2)cc(N(C)S(C)(=O)=O)c1)Cc1ccccc1)[C@H](C)CO. The summed E-state index contributed by atoms with van der Waals surface area (Å²) in [6, 6.07) is 47.3. The molecule has 4 N–H and O–H groups in total. The summed E-state index contributed by atoms with van der Waals surface area (Å²) >= 11 is 0. The number of hydrogen-bond donors (Lipinski definition) is 4. The van der Waals surface area contributed by atoms with Crippen molar-refractivity contribution in [2.24, 2.45) is 35.5 Å². The van der Waals surface area contributed by atoms with Gasteiger partial charge >= 0.3 is 0 Å². The molecule has 0 radical (unpaired) electrons. The Labute approximate surface area is 583 Å². The normalized spacial score (nSPS) is 16.2. The van der Waals surface area contributed by atoms with E-state index in [-0.39, 0.29) is 136 Å². The highest BCUT2D eigenvalue weighted by Gasteiger charge is 2.37. The molecule has 0 bridgehead atoms. The molecule has 1 fully saturated rings. The monoisotopic (exact) mass is 1380 g/mol. The number of ketones is 6. The number of Topliss-reactive ketones (excluding diaryl/α,β-unsaturated/α-hetero) is 6. The Morgan fingerprint density at radius 2 is 0.847 bits per heavy atom. The topological polar surface area (TPSA) is 242 Å². The molecule has 7 rings (SSSR count). The van der Waals surface area contributed by atoms with Gasteiger partial charge in [0.15, 0.2) is 23.1 Å². The fourth-order valence-corrected chi connectivity index (χ4v) is 13.6.